The summed E-state index contributed by atoms with van der Waals surface area (Å²) in [5.41, 5.74) is 0.775. The maximum atomic E-state index is 4.61. The molecule has 1 aliphatic rings. The van der Waals surface area contributed by atoms with E-state index in [9.17, 15) is 0 Å². The van der Waals surface area contributed by atoms with Crippen LogP contribution in [0.25, 0.3) is 11.5 Å². The normalized spacial score (nSPS) is 15.2. The molecule has 0 bridgehead atoms. The van der Waals surface area contributed by atoms with E-state index in [0.717, 1.165) is 31.3 Å². The van der Waals surface area contributed by atoms with E-state index in [1.165, 1.54) is 19.3 Å². The summed E-state index contributed by atoms with van der Waals surface area (Å²) in [7, 11) is 1.89. The van der Waals surface area contributed by atoms with Gasteiger partial charge in [-0.15, -0.1) is 0 Å². The standard InChI is InChI=1S/C14H21N7/c1-3-15-13-16-12(11-7-10-20(2)19-11)17-14(18-13)21-8-5-4-6-9-21/h7,10H,3-6,8-9H2,1-2H3,(H,15,16,17,18). The third kappa shape index (κ3) is 3.12. The molecule has 1 fully saturated rings. The number of hydrogen-bond donors (Lipinski definition) is 1. The lowest BCUT2D eigenvalue weighted by Crippen LogP contribution is -2.31. The maximum Gasteiger partial charge on any atom is 0.230 e. The highest BCUT2D eigenvalue weighted by Crippen LogP contribution is 2.20. The van der Waals surface area contributed by atoms with Gasteiger partial charge in [-0.3, -0.25) is 4.68 Å². The molecule has 1 N–H and O–H groups in total. The number of rotatable bonds is 4. The topological polar surface area (TPSA) is 71.8 Å². The Morgan fingerprint density at radius 3 is 2.62 bits per heavy atom. The van der Waals surface area contributed by atoms with Gasteiger partial charge in [-0.2, -0.15) is 20.1 Å². The van der Waals surface area contributed by atoms with E-state index in [1.54, 1.807) is 4.68 Å². The monoisotopic (exact) mass is 287 g/mol. The number of hydrogen-bond acceptors (Lipinski definition) is 6. The van der Waals surface area contributed by atoms with Crippen molar-refractivity contribution in [1.82, 2.24) is 24.7 Å². The lowest BCUT2D eigenvalue weighted by Gasteiger charge is -2.26. The van der Waals surface area contributed by atoms with Gasteiger partial charge in [0.1, 0.15) is 5.69 Å². The predicted molar refractivity (Wildman–Crippen MR) is 82.3 cm³/mol. The molecule has 1 saturated heterocycles. The maximum absolute atomic E-state index is 4.61. The highest BCUT2D eigenvalue weighted by molar-refractivity contribution is 5.53. The van der Waals surface area contributed by atoms with Crippen LogP contribution >= 0.6 is 0 Å². The summed E-state index contributed by atoms with van der Waals surface area (Å²) in [5, 5.41) is 7.57. The van der Waals surface area contributed by atoms with Gasteiger partial charge in [0, 0.05) is 32.9 Å². The Morgan fingerprint density at radius 1 is 1.14 bits per heavy atom. The number of nitrogens with one attached hydrogen (secondary N) is 1. The number of piperidine rings is 1. The SMILES string of the molecule is CCNc1nc(-c2ccn(C)n2)nc(N2CCCCC2)n1. The van der Waals surface area contributed by atoms with Gasteiger partial charge < -0.3 is 10.2 Å². The van der Waals surface area contributed by atoms with E-state index < -0.39 is 0 Å². The van der Waals surface area contributed by atoms with Crippen LogP contribution in [-0.2, 0) is 7.05 Å². The van der Waals surface area contributed by atoms with Gasteiger partial charge in [0.15, 0.2) is 5.82 Å². The average Bonchev–Trinajstić information content (AvgIpc) is 2.95. The van der Waals surface area contributed by atoms with Crippen LogP contribution in [0, 0.1) is 0 Å². The smallest absolute Gasteiger partial charge is 0.230 e. The molecule has 0 atom stereocenters. The summed E-state index contributed by atoms with van der Waals surface area (Å²) >= 11 is 0. The fraction of sp³-hybridized carbons (Fsp3) is 0.571. The predicted octanol–water partition coefficient (Wildman–Crippen LogP) is 1.69. The van der Waals surface area contributed by atoms with Gasteiger partial charge in [0.25, 0.3) is 0 Å². The van der Waals surface area contributed by atoms with Crippen LogP contribution in [0.3, 0.4) is 0 Å². The summed E-state index contributed by atoms with van der Waals surface area (Å²) in [6, 6.07) is 1.92. The van der Waals surface area contributed by atoms with Crippen molar-refractivity contribution >= 4 is 11.9 Å². The average molecular weight is 287 g/mol. The van der Waals surface area contributed by atoms with Crippen molar-refractivity contribution < 1.29 is 0 Å². The van der Waals surface area contributed by atoms with Crippen LogP contribution in [0.1, 0.15) is 26.2 Å². The zero-order valence-corrected chi connectivity index (χ0v) is 12.6. The quantitative estimate of drug-likeness (QED) is 0.922. The van der Waals surface area contributed by atoms with Crippen molar-refractivity contribution in [2.24, 2.45) is 7.05 Å². The minimum Gasteiger partial charge on any atom is -0.354 e. The molecule has 0 unspecified atom stereocenters. The van der Waals surface area contributed by atoms with E-state index in [2.05, 4.69) is 30.3 Å². The van der Waals surface area contributed by atoms with Crippen LogP contribution in [0.5, 0.6) is 0 Å². The van der Waals surface area contributed by atoms with Gasteiger partial charge in [-0.1, -0.05) is 0 Å². The molecule has 1 aliphatic heterocycles. The fourth-order valence-electron chi connectivity index (χ4n) is 2.49. The minimum absolute atomic E-state index is 0.619. The van der Waals surface area contributed by atoms with Crippen LogP contribution in [0.2, 0.25) is 0 Å². The summed E-state index contributed by atoms with van der Waals surface area (Å²) < 4.78 is 1.76. The second-order valence-electron chi connectivity index (χ2n) is 5.24. The van der Waals surface area contributed by atoms with E-state index in [4.69, 9.17) is 0 Å². The van der Waals surface area contributed by atoms with Crippen molar-refractivity contribution in [3.63, 3.8) is 0 Å². The Bertz CT molecular complexity index is 601. The molecule has 0 amide bonds. The summed E-state index contributed by atoms with van der Waals surface area (Å²) in [6.07, 6.45) is 5.57. The first-order valence-electron chi connectivity index (χ1n) is 7.51. The van der Waals surface area contributed by atoms with Crippen molar-refractivity contribution in [2.45, 2.75) is 26.2 Å². The molecule has 21 heavy (non-hydrogen) atoms. The van der Waals surface area contributed by atoms with Crippen LogP contribution in [0.4, 0.5) is 11.9 Å². The molecule has 0 spiro atoms. The Morgan fingerprint density at radius 2 is 1.95 bits per heavy atom. The highest BCUT2D eigenvalue weighted by Gasteiger charge is 2.17. The molecule has 2 aromatic heterocycles. The Kier molecular flexibility index (Phi) is 3.98. The van der Waals surface area contributed by atoms with E-state index in [-0.39, 0.29) is 0 Å². The Hall–Kier alpha value is -2.18. The molecular formula is C14H21N7. The van der Waals surface area contributed by atoms with Crippen molar-refractivity contribution in [3.8, 4) is 11.5 Å². The van der Waals surface area contributed by atoms with Gasteiger partial charge >= 0.3 is 0 Å². The number of aryl methyl sites for hydroxylation is 1. The molecule has 0 aliphatic carbocycles. The van der Waals surface area contributed by atoms with Gasteiger partial charge in [0.2, 0.25) is 11.9 Å². The lowest BCUT2D eigenvalue weighted by atomic mass is 10.1. The molecule has 0 aromatic carbocycles. The first-order valence-corrected chi connectivity index (χ1v) is 7.51. The molecule has 112 valence electrons. The number of nitrogens with zero attached hydrogens (tertiary/aromatic N) is 6. The third-order valence-corrected chi connectivity index (χ3v) is 3.54. The van der Waals surface area contributed by atoms with Crippen LogP contribution in [-0.4, -0.2) is 44.4 Å². The minimum atomic E-state index is 0.619. The fourth-order valence-corrected chi connectivity index (χ4v) is 2.49. The molecule has 7 nitrogen and oxygen atoms in total. The van der Waals surface area contributed by atoms with E-state index in [1.807, 2.05) is 26.2 Å². The second kappa shape index (κ2) is 6.07. The second-order valence-corrected chi connectivity index (χ2v) is 5.24. The molecule has 0 saturated carbocycles. The third-order valence-electron chi connectivity index (χ3n) is 3.54. The first-order chi connectivity index (χ1) is 10.3. The summed E-state index contributed by atoms with van der Waals surface area (Å²) in [6.45, 7) is 4.84. The lowest BCUT2D eigenvalue weighted by molar-refractivity contribution is 0.567. The number of aromatic nitrogens is 5. The van der Waals surface area contributed by atoms with Crippen LogP contribution < -0.4 is 10.2 Å². The van der Waals surface area contributed by atoms with Gasteiger partial charge in [-0.05, 0) is 32.3 Å². The van der Waals surface area contributed by atoms with Crippen LogP contribution in [0.15, 0.2) is 12.3 Å². The van der Waals surface area contributed by atoms with Crippen molar-refractivity contribution in [3.05, 3.63) is 12.3 Å². The number of anilines is 2. The largest absolute Gasteiger partial charge is 0.354 e. The molecule has 0 radical (unpaired) electrons. The molecule has 2 aromatic rings. The van der Waals surface area contributed by atoms with Crippen molar-refractivity contribution in [1.29, 1.82) is 0 Å². The first kappa shape index (κ1) is 13.8. The Balaban J connectivity index is 1.96. The molecule has 7 heteroatoms. The zero-order chi connectivity index (χ0) is 14.7. The highest BCUT2D eigenvalue weighted by atomic mass is 15.3. The molecule has 3 rings (SSSR count). The van der Waals surface area contributed by atoms with Gasteiger partial charge in [-0.25, -0.2) is 0 Å². The van der Waals surface area contributed by atoms with Gasteiger partial charge in [0.05, 0.1) is 0 Å². The molecule has 3 heterocycles. The zero-order valence-electron chi connectivity index (χ0n) is 12.6. The summed E-state index contributed by atoms with van der Waals surface area (Å²) in [4.78, 5) is 15.8. The summed E-state index contributed by atoms with van der Waals surface area (Å²) in [5.74, 6) is 2.00. The molecular weight excluding hydrogens is 266 g/mol. The van der Waals surface area contributed by atoms with Crippen molar-refractivity contribution in [2.75, 3.05) is 29.9 Å². The Labute approximate surface area is 124 Å². The van der Waals surface area contributed by atoms with E-state index in [0.29, 0.717) is 11.8 Å². The van der Waals surface area contributed by atoms with E-state index >= 15 is 0 Å².